The third-order valence-electron chi connectivity index (χ3n) is 5.93. The number of amidine groups is 1. The molecule has 2 amide bonds. The van der Waals surface area contributed by atoms with Crippen LogP contribution in [0.5, 0.6) is 0 Å². The van der Waals surface area contributed by atoms with Crippen LogP contribution < -0.4 is 21.7 Å². The zero-order valence-electron chi connectivity index (χ0n) is 19.2. The molecule has 0 bridgehead atoms. The molecule has 180 valence electrons. The fraction of sp³-hybridized carbons (Fsp3) is 0.375. The van der Waals surface area contributed by atoms with Gasteiger partial charge in [-0.1, -0.05) is 38.1 Å². The van der Waals surface area contributed by atoms with Gasteiger partial charge in [-0.2, -0.15) is 0 Å². The van der Waals surface area contributed by atoms with Gasteiger partial charge in [-0.3, -0.25) is 30.1 Å². The Balaban J connectivity index is 1.79. The van der Waals surface area contributed by atoms with Gasteiger partial charge in [0.1, 0.15) is 11.4 Å². The summed E-state index contributed by atoms with van der Waals surface area (Å²) < 4.78 is 0. The quantitative estimate of drug-likeness (QED) is 0.216. The second kappa shape index (κ2) is 10.4. The van der Waals surface area contributed by atoms with Crippen molar-refractivity contribution in [3.8, 4) is 0 Å². The van der Waals surface area contributed by atoms with E-state index in [1.807, 2.05) is 19.9 Å². The number of hydrogen-bond donors (Lipinski definition) is 6. The summed E-state index contributed by atoms with van der Waals surface area (Å²) in [6.07, 6.45) is 3.92. The van der Waals surface area contributed by atoms with Crippen LogP contribution in [0.4, 0.5) is 0 Å². The number of nitrogens with two attached hydrogens (primary N) is 1. The highest BCUT2D eigenvalue weighted by molar-refractivity contribution is 5.95. The molecule has 1 unspecified atom stereocenters. The van der Waals surface area contributed by atoms with Crippen molar-refractivity contribution in [2.75, 3.05) is 6.54 Å². The topological polar surface area (TPSA) is 170 Å². The average molecular weight is 467 g/mol. The van der Waals surface area contributed by atoms with E-state index in [0.29, 0.717) is 12.0 Å². The molecule has 1 aromatic heterocycles. The fourth-order valence-electron chi connectivity index (χ4n) is 4.10. The van der Waals surface area contributed by atoms with E-state index in [-0.39, 0.29) is 37.2 Å². The highest BCUT2D eigenvalue weighted by Crippen LogP contribution is 2.30. The zero-order valence-corrected chi connectivity index (χ0v) is 19.2. The number of rotatable bonds is 10. The van der Waals surface area contributed by atoms with Crippen LogP contribution in [-0.4, -0.2) is 51.8 Å². The van der Waals surface area contributed by atoms with Gasteiger partial charge in [0.25, 0.3) is 0 Å². The first kappa shape index (κ1) is 24.8. The maximum Gasteiger partial charge on any atom is 0.317 e. The molecule has 2 atom stereocenters. The van der Waals surface area contributed by atoms with E-state index in [9.17, 15) is 14.4 Å². The number of carboxylic acids is 1. The average Bonchev–Trinajstić information content (AvgIpc) is 3.16. The molecule has 7 N–H and O–H groups in total. The maximum absolute atomic E-state index is 13.5. The lowest BCUT2D eigenvalue weighted by atomic mass is 9.92. The minimum atomic E-state index is -1.22. The molecular formula is C24H30N6O4. The molecule has 10 heteroatoms. The molecule has 1 aromatic carbocycles. The molecule has 1 aliphatic carbocycles. The Bertz CT molecular complexity index is 1060. The number of hydrogen-bond acceptors (Lipinski definition) is 6. The number of benzene rings is 1. The van der Waals surface area contributed by atoms with Gasteiger partial charge in [-0.15, -0.1) is 0 Å². The van der Waals surface area contributed by atoms with E-state index in [2.05, 4.69) is 20.9 Å². The van der Waals surface area contributed by atoms with Gasteiger partial charge in [-0.05, 0) is 28.7 Å². The number of pyridine rings is 1. The van der Waals surface area contributed by atoms with Crippen molar-refractivity contribution in [2.45, 2.75) is 44.8 Å². The molecule has 0 radical (unpaired) electrons. The Kier molecular flexibility index (Phi) is 7.62. The second-order valence-corrected chi connectivity index (χ2v) is 8.86. The molecule has 0 aliphatic heterocycles. The standard InChI is InChI=1S/C24H30N6O4/c1-14(2)20(28-13-19(31)32)22(33)30-24(9-17-7-8-27-12-18(17)10-24)23(34)29-11-15-3-5-16(6-4-15)21(25)26/h3-8,12,14,20,28H,9-11,13H2,1-2H3,(H3,25,26)(H,29,34)(H,30,33)(H,31,32)/t20-,24?/m1/s1. The number of fused-ring (bicyclic) bond motifs is 1. The summed E-state index contributed by atoms with van der Waals surface area (Å²) in [5.74, 6) is -2.07. The number of carboxylic acid groups (broad SMARTS) is 1. The van der Waals surface area contributed by atoms with E-state index < -0.39 is 23.5 Å². The van der Waals surface area contributed by atoms with Gasteiger partial charge < -0.3 is 21.5 Å². The smallest absolute Gasteiger partial charge is 0.317 e. The molecule has 34 heavy (non-hydrogen) atoms. The highest BCUT2D eigenvalue weighted by atomic mass is 16.4. The molecule has 1 heterocycles. The molecule has 0 spiro atoms. The van der Waals surface area contributed by atoms with Crippen molar-refractivity contribution >= 4 is 23.6 Å². The van der Waals surface area contributed by atoms with Crippen molar-refractivity contribution in [3.05, 3.63) is 65.0 Å². The van der Waals surface area contributed by atoms with Gasteiger partial charge in [0.15, 0.2) is 0 Å². The van der Waals surface area contributed by atoms with E-state index in [1.165, 1.54) is 0 Å². The molecular weight excluding hydrogens is 436 g/mol. The summed E-state index contributed by atoms with van der Waals surface area (Å²) in [5.41, 5.74) is 7.48. The first-order valence-corrected chi connectivity index (χ1v) is 11.0. The van der Waals surface area contributed by atoms with Gasteiger partial charge >= 0.3 is 5.97 Å². The highest BCUT2D eigenvalue weighted by Gasteiger charge is 2.46. The number of carbonyl (C=O) groups excluding carboxylic acids is 2. The summed E-state index contributed by atoms with van der Waals surface area (Å²) in [6, 6.07) is 8.03. The van der Waals surface area contributed by atoms with Crippen LogP contribution in [0, 0.1) is 11.3 Å². The Hall–Kier alpha value is -3.79. The Morgan fingerprint density at radius 2 is 1.82 bits per heavy atom. The SMILES string of the molecule is CC(C)[C@@H](NCC(=O)O)C(=O)NC1(C(=O)NCc2ccc(C(=N)N)cc2)Cc2ccncc2C1. The summed E-state index contributed by atoms with van der Waals surface area (Å²) in [4.78, 5) is 41.8. The van der Waals surface area contributed by atoms with Crippen LogP contribution in [0.1, 0.15) is 36.1 Å². The van der Waals surface area contributed by atoms with E-state index in [0.717, 1.165) is 16.7 Å². The third-order valence-corrected chi connectivity index (χ3v) is 5.93. The lowest BCUT2D eigenvalue weighted by Crippen LogP contribution is -2.63. The monoisotopic (exact) mass is 466 g/mol. The molecule has 0 saturated heterocycles. The Morgan fingerprint density at radius 3 is 2.41 bits per heavy atom. The Labute approximate surface area is 197 Å². The van der Waals surface area contributed by atoms with Crippen LogP contribution in [-0.2, 0) is 33.8 Å². The van der Waals surface area contributed by atoms with Crippen LogP contribution in [0.25, 0.3) is 0 Å². The lowest BCUT2D eigenvalue weighted by molar-refractivity contribution is -0.137. The number of nitrogens with one attached hydrogen (secondary N) is 4. The van der Waals surface area contributed by atoms with Gasteiger partial charge in [-0.25, -0.2) is 0 Å². The minimum absolute atomic E-state index is 0.0363. The van der Waals surface area contributed by atoms with E-state index in [1.54, 1.807) is 36.7 Å². The predicted molar refractivity (Wildman–Crippen MR) is 126 cm³/mol. The summed E-state index contributed by atoms with van der Waals surface area (Å²) >= 11 is 0. The predicted octanol–water partition coefficient (Wildman–Crippen LogP) is 0.334. The van der Waals surface area contributed by atoms with Crippen LogP contribution >= 0.6 is 0 Å². The molecule has 1 aliphatic rings. The van der Waals surface area contributed by atoms with Crippen molar-refractivity contribution in [1.29, 1.82) is 5.41 Å². The Morgan fingerprint density at radius 1 is 1.15 bits per heavy atom. The summed E-state index contributed by atoms with van der Waals surface area (Å²) in [7, 11) is 0. The third kappa shape index (κ3) is 5.76. The first-order chi connectivity index (χ1) is 16.1. The van der Waals surface area contributed by atoms with Gasteiger partial charge in [0.05, 0.1) is 12.6 Å². The normalized spacial score (nSPS) is 17.6. The van der Waals surface area contributed by atoms with Gasteiger partial charge in [0.2, 0.25) is 11.8 Å². The van der Waals surface area contributed by atoms with Crippen LogP contribution in [0.3, 0.4) is 0 Å². The molecule has 10 nitrogen and oxygen atoms in total. The van der Waals surface area contributed by atoms with E-state index in [4.69, 9.17) is 16.2 Å². The number of amides is 2. The van der Waals surface area contributed by atoms with Crippen LogP contribution in [0.15, 0.2) is 42.7 Å². The molecule has 2 aromatic rings. The number of nitrogens with zero attached hydrogens (tertiary/aromatic N) is 1. The number of nitrogen functional groups attached to an aromatic ring is 1. The van der Waals surface area contributed by atoms with Gasteiger partial charge in [0, 0.05) is 37.3 Å². The lowest BCUT2D eigenvalue weighted by Gasteiger charge is -2.32. The van der Waals surface area contributed by atoms with E-state index >= 15 is 0 Å². The van der Waals surface area contributed by atoms with Crippen molar-refractivity contribution in [3.63, 3.8) is 0 Å². The largest absolute Gasteiger partial charge is 0.480 e. The second-order valence-electron chi connectivity index (χ2n) is 8.86. The summed E-state index contributed by atoms with van der Waals surface area (Å²) in [5, 5.41) is 25.1. The van der Waals surface area contributed by atoms with Crippen molar-refractivity contribution < 1.29 is 19.5 Å². The van der Waals surface area contributed by atoms with Crippen molar-refractivity contribution in [1.82, 2.24) is 20.9 Å². The minimum Gasteiger partial charge on any atom is -0.480 e. The molecule has 0 saturated carbocycles. The maximum atomic E-state index is 13.5. The van der Waals surface area contributed by atoms with Crippen LogP contribution in [0.2, 0.25) is 0 Å². The molecule has 3 rings (SSSR count). The summed E-state index contributed by atoms with van der Waals surface area (Å²) in [6.45, 7) is 3.48. The number of aromatic nitrogens is 1. The number of aliphatic carboxylic acids is 1. The number of carbonyl (C=O) groups is 3. The molecule has 0 fully saturated rings. The first-order valence-electron chi connectivity index (χ1n) is 11.0. The zero-order chi connectivity index (χ0) is 24.9. The fourth-order valence-corrected chi connectivity index (χ4v) is 4.10. The van der Waals surface area contributed by atoms with Crippen molar-refractivity contribution in [2.24, 2.45) is 11.7 Å².